The molecular weight excluding hydrogens is 233 g/mol. The lowest BCUT2D eigenvalue weighted by atomic mass is 10.1. The standard InChI is InChI=1S/C11H11Cl2NO/c12-10(13)11(15)14-9-5-4-7-2-1-3-8(7)6-9/h4-6,10H,1-3H2,(H,14,15). The third-order valence-electron chi connectivity index (χ3n) is 2.56. The zero-order chi connectivity index (χ0) is 10.8. The van der Waals surface area contributed by atoms with Gasteiger partial charge in [0.2, 0.25) is 0 Å². The highest BCUT2D eigenvalue weighted by atomic mass is 35.5. The number of aryl methyl sites for hydroxylation is 2. The average Bonchev–Trinajstić information content (AvgIpc) is 2.64. The maximum atomic E-state index is 11.2. The van der Waals surface area contributed by atoms with Crippen LogP contribution in [0.25, 0.3) is 0 Å². The smallest absolute Gasteiger partial charge is 0.257 e. The average molecular weight is 244 g/mol. The van der Waals surface area contributed by atoms with E-state index in [2.05, 4.69) is 11.4 Å². The Morgan fingerprint density at radius 2 is 2.00 bits per heavy atom. The van der Waals surface area contributed by atoms with Crippen molar-refractivity contribution in [2.24, 2.45) is 0 Å². The molecule has 1 amide bonds. The monoisotopic (exact) mass is 243 g/mol. The summed E-state index contributed by atoms with van der Waals surface area (Å²) < 4.78 is 0. The normalized spacial score (nSPS) is 14.1. The van der Waals surface area contributed by atoms with Gasteiger partial charge < -0.3 is 5.32 Å². The second-order valence-corrected chi connectivity index (χ2v) is 4.72. The molecule has 0 fully saturated rings. The Labute approximate surface area is 98.6 Å². The van der Waals surface area contributed by atoms with E-state index in [1.54, 1.807) is 0 Å². The SMILES string of the molecule is O=C(Nc1ccc2c(c1)CCC2)C(Cl)Cl. The number of nitrogens with one attached hydrogen (secondary N) is 1. The molecule has 0 aliphatic heterocycles. The number of alkyl halides is 2. The van der Waals surface area contributed by atoms with Crippen LogP contribution in [0.2, 0.25) is 0 Å². The first kappa shape index (κ1) is 10.8. The Morgan fingerprint density at radius 3 is 2.73 bits per heavy atom. The fourth-order valence-corrected chi connectivity index (χ4v) is 1.96. The summed E-state index contributed by atoms with van der Waals surface area (Å²) in [5.74, 6) is -0.378. The van der Waals surface area contributed by atoms with E-state index in [1.165, 1.54) is 17.5 Å². The number of amides is 1. The number of hydrogen-bond acceptors (Lipinski definition) is 1. The first-order valence-electron chi connectivity index (χ1n) is 4.87. The van der Waals surface area contributed by atoms with Crippen molar-refractivity contribution in [1.29, 1.82) is 0 Å². The van der Waals surface area contributed by atoms with E-state index < -0.39 is 4.84 Å². The molecule has 15 heavy (non-hydrogen) atoms. The number of halogens is 2. The van der Waals surface area contributed by atoms with Crippen LogP contribution in [-0.2, 0) is 17.6 Å². The molecule has 0 heterocycles. The predicted molar refractivity (Wildman–Crippen MR) is 62.6 cm³/mol. The predicted octanol–water partition coefficient (Wildman–Crippen LogP) is 2.92. The highest BCUT2D eigenvalue weighted by molar-refractivity contribution is 6.54. The van der Waals surface area contributed by atoms with Crippen molar-refractivity contribution in [1.82, 2.24) is 0 Å². The first-order chi connectivity index (χ1) is 7.16. The van der Waals surface area contributed by atoms with E-state index >= 15 is 0 Å². The van der Waals surface area contributed by atoms with Gasteiger partial charge in [0, 0.05) is 5.69 Å². The third-order valence-corrected chi connectivity index (χ3v) is 2.96. The summed E-state index contributed by atoms with van der Waals surface area (Å²) in [5.41, 5.74) is 3.46. The molecule has 0 unspecified atom stereocenters. The molecule has 4 heteroatoms. The summed E-state index contributed by atoms with van der Waals surface area (Å²) in [4.78, 5) is 10.2. The number of rotatable bonds is 2. The number of hydrogen-bond donors (Lipinski definition) is 1. The van der Waals surface area contributed by atoms with Crippen LogP contribution in [0, 0.1) is 0 Å². The Bertz CT molecular complexity index is 390. The maximum absolute atomic E-state index is 11.2. The highest BCUT2D eigenvalue weighted by Gasteiger charge is 2.14. The Balaban J connectivity index is 2.13. The topological polar surface area (TPSA) is 29.1 Å². The Hall–Kier alpha value is -0.730. The van der Waals surface area contributed by atoms with Crippen LogP contribution in [0.5, 0.6) is 0 Å². The molecule has 1 aliphatic carbocycles. The molecule has 0 atom stereocenters. The molecular formula is C11H11Cl2NO. The quantitative estimate of drug-likeness (QED) is 0.796. The lowest BCUT2D eigenvalue weighted by Gasteiger charge is -2.07. The van der Waals surface area contributed by atoms with Crippen molar-refractivity contribution in [3.63, 3.8) is 0 Å². The van der Waals surface area contributed by atoms with Crippen molar-refractivity contribution in [3.8, 4) is 0 Å². The second-order valence-electron chi connectivity index (χ2n) is 3.63. The van der Waals surface area contributed by atoms with Gasteiger partial charge in [0.25, 0.3) is 5.91 Å². The minimum atomic E-state index is -1.02. The lowest BCUT2D eigenvalue weighted by molar-refractivity contribution is -0.114. The third kappa shape index (κ3) is 2.44. The van der Waals surface area contributed by atoms with Crippen molar-refractivity contribution in [2.75, 3.05) is 5.32 Å². The fraction of sp³-hybridized carbons (Fsp3) is 0.364. The summed E-state index contributed by atoms with van der Waals surface area (Å²) in [5, 5.41) is 2.67. The first-order valence-corrected chi connectivity index (χ1v) is 5.75. The van der Waals surface area contributed by atoms with Gasteiger partial charge in [-0.05, 0) is 42.5 Å². The molecule has 0 spiro atoms. The lowest BCUT2D eigenvalue weighted by Crippen LogP contribution is -2.18. The summed E-state index contributed by atoms with van der Waals surface area (Å²) in [6.45, 7) is 0. The van der Waals surface area contributed by atoms with Crippen LogP contribution < -0.4 is 5.32 Å². The summed E-state index contributed by atoms with van der Waals surface area (Å²) >= 11 is 10.9. The minimum absolute atomic E-state index is 0.378. The van der Waals surface area contributed by atoms with Crippen molar-refractivity contribution in [3.05, 3.63) is 29.3 Å². The molecule has 1 aromatic carbocycles. The number of fused-ring (bicyclic) bond motifs is 1. The van der Waals surface area contributed by atoms with E-state index in [9.17, 15) is 4.79 Å². The zero-order valence-electron chi connectivity index (χ0n) is 8.09. The van der Waals surface area contributed by atoms with E-state index in [4.69, 9.17) is 23.2 Å². The number of anilines is 1. The Kier molecular flexibility index (Phi) is 3.17. The molecule has 0 saturated carbocycles. The van der Waals surface area contributed by atoms with Gasteiger partial charge in [0.15, 0.2) is 4.84 Å². The van der Waals surface area contributed by atoms with E-state index in [1.807, 2.05) is 12.1 Å². The largest absolute Gasteiger partial charge is 0.324 e. The summed E-state index contributed by atoms with van der Waals surface area (Å²) in [7, 11) is 0. The molecule has 1 N–H and O–H groups in total. The van der Waals surface area contributed by atoms with Crippen molar-refractivity contribution >= 4 is 34.8 Å². The van der Waals surface area contributed by atoms with Gasteiger partial charge >= 0.3 is 0 Å². The van der Waals surface area contributed by atoms with Crippen molar-refractivity contribution < 1.29 is 4.79 Å². The highest BCUT2D eigenvalue weighted by Crippen LogP contribution is 2.25. The van der Waals surface area contributed by atoms with Crippen LogP contribution in [0.3, 0.4) is 0 Å². The van der Waals surface area contributed by atoms with Crippen LogP contribution >= 0.6 is 23.2 Å². The van der Waals surface area contributed by atoms with Gasteiger partial charge in [-0.25, -0.2) is 0 Å². The van der Waals surface area contributed by atoms with Gasteiger partial charge in [0.05, 0.1) is 0 Å². The fourth-order valence-electron chi connectivity index (χ4n) is 1.85. The van der Waals surface area contributed by atoms with Crippen LogP contribution in [0.4, 0.5) is 5.69 Å². The molecule has 0 aromatic heterocycles. The molecule has 2 nitrogen and oxygen atoms in total. The van der Waals surface area contributed by atoms with E-state index in [-0.39, 0.29) is 5.91 Å². The zero-order valence-corrected chi connectivity index (χ0v) is 9.61. The van der Waals surface area contributed by atoms with Crippen LogP contribution in [-0.4, -0.2) is 10.7 Å². The van der Waals surface area contributed by atoms with Gasteiger partial charge in [-0.2, -0.15) is 0 Å². The second kappa shape index (κ2) is 4.42. The van der Waals surface area contributed by atoms with Gasteiger partial charge in [-0.3, -0.25) is 4.79 Å². The molecule has 2 rings (SSSR count). The van der Waals surface area contributed by atoms with E-state index in [0.717, 1.165) is 18.5 Å². The van der Waals surface area contributed by atoms with Crippen LogP contribution in [0.15, 0.2) is 18.2 Å². The molecule has 0 saturated heterocycles. The minimum Gasteiger partial charge on any atom is -0.324 e. The number of benzene rings is 1. The maximum Gasteiger partial charge on any atom is 0.257 e. The number of carbonyl (C=O) groups excluding carboxylic acids is 1. The van der Waals surface area contributed by atoms with Crippen molar-refractivity contribution in [2.45, 2.75) is 24.1 Å². The van der Waals surface area contributed by atoms with Crippen LogP contribution in [0.1, 0.15) is 17.5 Å². The summed E-state index contributed by atoms with van der Waals surface area (Å²) in [6.07, 6.45) is 3.42. The number of carbonyl (C=O) groups is 1. The van der Waals surface area contributed by atoms with Gasteiger partial charge in [-0.15, -0.1) is 0 Å². The molecule has 0 radical (unpaired) electrons. The molecule has 0 bridgehead atoms. The summed E-state index contributed by atoms with van der Waals surface area (Å²) in [6, 6.07) is 5.93. The van der Waals surface area contributed by atoms with Gasteiger partial charge in [0.1, 0.15) is 0 Å². The Morgan fingerprint density at radius 1 is 1.27 bits per heavy atom. The van der Waals surface area contributed by atoms with E-state index in [0.29, 0.717) is 0 Å². The molecule has 80 valence electrons. The molecule has 1 aliphatic rings. The molecule has 1 aromatic rings. The van der Waals surface area contributed by atoms with Gasteiger partial charge in [-0.1, -0.05) is 29.3 Å².